The molecular formula is C16H26ClN3O3. The molecule has 6 nitrogen and oxygen atoms in total. The van der Waals surface area contributed by atoms with Gasteiger partial charge in [0.2, 0.25) is 5.91 Å². The van der Waals surface area contributed by atoms with E-state index in [4.69, 9.17) is 4.74 Å². The number of ether oxygens (including phenoxy) is 1. The number of carbonyl (C=O) groups is 2. The molecule has 1 aromatic carbocycles. The molecule has 0 heterocycles. The van der Waals surface area contributed by atoms with Crippen LogP contribution in [-0.2, 0) is 4.79 Å². The monoisotopic (exact) mass is 343 g/mol. The predicted octanol–water partition coefficient (Wildman–Crippen LogP) is 2.00. The van der Waals surface area contributed by atoms with Crippen LogP contribution in [0.15, 0.2) is 18.2 Å². The molecule has 7 heteroatoms. The van der Waals surface area contributed by atoms with Crippen molar-refractivity contribution < 1.29 is 14.3 Å². The molecule has 0 saturated carbocycles. The first kappa shape index (κ1) is 21.2. The molecule has 0 radical (unpaired) electrons. The van der Waals surface area contributed by atoms with E-state index < -0.39 is 0 Å². The Labute approximate surface area is 144 Å². The van der Waals surface area contributed by atoms with Crippen LogP contribution in [0, 0.1) is 5.92 Å². The Balaban J connectivity index is 0.00000484. The molecular weight excluding hydrogens is 318 g/mol. The fraction of sp³-hybridized carbons (Fsp3) is 0.500. The zero-order valence-corrected chi connectivity index (χ0v) is 15.1. The summed E-state index contributed by atoms with van der Waals surface area (Å²) >= 11 is 0. The van der Waals surface area contributed by atoms with Gasteiger partial charge in [0.25, 0.3) is 5.91 Å². The van der Waals surface area contributed by atoms with Gasteiger partial charge >= 0.3 is 0 Å². The maximum Gasteiger partial charge on any atom is 0.253 e. The van der Waals surface area contributed by atoms with E-state index in [1.54, 1.807) is 39.3 Å². The summed E-state index contributed by atoms with van der Waals surface area (Å²) in [6.07, 6.45) is 0. The fourth-order valence-electron chi connectivity index (χ4n) is 1.96. The summed E-state index contributed by atoms with van der Waals surface area (Å²) in [5, 5.41) is 5.81. The summed E-state index contributed by atoms with van der Waals surface area (Å²) in [5.74, 6) is 0.127. The van der Waals surface area contributed by atoms with Crippen LogP contribution in [-0.4, -0.2) is 51.0 Å². The molecule has 0 aromatic heterocycles. The Morgan fingerprint density at radius 1 is 1.30 bits per heavy atom. The Morgan fingerprint density at radius 2 is 1.96 bits per heavy atom. The number of hydrogen-bond acceptors (Lipinski definition) is 4. The first-order valence-corrected chi connectivity index (χ1v) is 7.34. The number of benzene rings is 1. The number of hydrogen-bond donors (Lipinski definition) is 2. The number of carbonyl (C=O) groups excluding carboxylic acids is 2. The topological polar surface area (TPSA) is 70.7 Å². The average Bonchev–Trinajstić information content (AvgIpc) is 2.48. The Kier molecular flexibility index (Phi) is 9.29. The minimum atomic E-state index is -0.187. The largest absolute Gasteiger partial charge is 0.492 e. The first-order valence-electron chi connectivity index (χ1n) is 7.34. The van der Waals surface area contributed by atoms with Gasteiger partial charge in [0.05, 0.1) is 12.3 Å². The van der Waals surface area contributed by atoms with Gasteiger partial charge in [-0.25, -0.2) is 0 Å². The third-order valence-corrected chi connectivity index (χ3v) is 3.15. The highest BCUT2D eigenvalue weighted by Gasteiger charge is 2.17. The van der Waals surface area contributed by atoms with E-state index in [0.717, 1.165) is 0 Å². The molecule has 23 heavy (non-hydrogen) atoms. The highest BCUT2D eigenvalue weighted by atomic mass is 35.5. The van der Waals surface area contributed by atoms with Gasteiger partial charge in [-0.05, 0) is 32.2 Å². The third kappa shape index (κ3) is 6.08. The first-order chi connectivity index (χ1) is 10.4. The van der Waals surface area contributed by atoms with Crippen LogP contribution in [0.5, 0.6) is 5.75 Å². The number of anilines is 1. The molecule has 1 aromatic rings. The van der Waals surface area contributed by atoms with Crippen LogP contribution in [0.4, 0.5) is 5.69 Å². The molecule has 0 spiro atoms. The normalized spacial score (nSPS) is 11.2. The van der Waals surface area contributed by atoms with Crippen LogP contribution in [0.2, 0.25) is 0 Å². The predicted molar refractivity (Wildman–Crippen MR) is 94.6 cm³/mol. The van der Waals surface area contributed by atoms with Crippen molar-refractivity contribution in [1.82, 2.24) is 10.2 Å². The lowest BCUT2D eigenvalue weighted by molar-refractivity contribution is -0.119. The van der Waals surface area contributed by atoms with Gasteiger partial charge < -0.3 is 20.3 Å². The van der Waals surface area contributed by atoms with Crippen LogP contribution < -0.4 is 15.4 Å². The summed E-state index contributed by atoms with van der Waals surface area (Å²) in [6.45, 7) is 4.76. The van der Waals surface area contributed by atoms with Gasteiger partial charge in [0, 0.05) is 32.1 Å². The highest BCUT2D eigenvalue weighted by molar-refractivity contribution is 5.98. The molecule has 2 amide bonds. The van der Waals surface area contributed by atoms with Crippen LogP contribution in [0.1, 0.15) is 24.2 Å². The lowest BCUT2D eigenvalue weighted by atomic mass is 10.1. The number of nitrogens with one attached hydrogen (secondary N) is 2. The number of rotatable bonds is 7. The molecule has 1 unspecified atom stereocenters. The van der Waals surface area contributed by atoms with E-state index in [2.05, 4.69) is 10.6 Å². The van der Waals surface area contributed by atoms with Gasteiger partial charge in [-0.2, -0.15) is 0 Å². The van der Waals surface area contributed by atoms with Crippen LogP contribution in [0.25, 0.3) is 0 Å². The van der Waals surface area contributed by atoms with Crippen molar-refractivity contribution in [3.63, 3.8) is 0 Å². The molecule has 130 valence electrons. The van der Waals surface area contributed by atoms with Gasteiger partial charge in [-0.15, -0.1) is 12.4 Å². The molecule has 0 saturated heterocycles. The van der Waals surface area contributed by atoms with E-state index >= 15 is 0 Å². The van der Waals surface area contributed by atoms with Crippen LogP contribution in [0.3, 0.4) is 0 Å². The molecule has 0 bridgehead atoms. The maximum atomic E-state index is 12.2. The van der Waals surface area contributed by atoms with Crippen molar-refractivity contribution in [1.29, 1.82) is 0 Å². The maximum absolute atomic E-state index is 12.2. The lowest BCUT2D eigenvalue weighted by Crippen LogP contribution is -2.29. The molecule has 2 N–H and O–H groups in total. The zero-order valence-electron chi connectivity index (χ0n) is 14.3. The van der Waals surface area contributed by atoms with Crippen LogP contribution >= 0.6 is 12.4 Å². The molecule has 1 atom stereocenters. The summed E-state index contributed by atoms with van der Waals surface area (Å²) < 4.78 is 5.52. The minimum absolute atomic E-state index is 0. The molecule has 0 aliphatic heterocycles. The molecule has 1 rings (SSSR count). The Bertz CT molecular complexity index is 535. The average molecular weight is 344 g/mol. The standard InChI is InChI=1S/C16H25N3O3.ClH/c1-6-22-14-8-7-12(16(21)19(4)5)9-13(14)18-15(20)11(2)10-17-3;/h7-9,11,17H,6,10H2,1-5H3,(H,18,20);1H. The summed E-state index contributed by atoms with van der Waals surface area (Å²) in [5.41, 5.74) is 1.02. The Hall–Kier alpha value is -1.79. The Morgan fingerprint density at radius 3 is 2.48 bits per heavy atom. The second-order valence-corrected chi connectivity index (χ2v) is 5.29. The van der Waals surface area contributed by atoms with Crippen molar-refractivity contribution in [2.75, 3.05) is 39.6 Å². The van der Waals surface area contributed by atoms with Gasteiger partial charge in [0.1, 0.15) is 5.75 Å². The summed E-state index contributed by atoms with van der Waals surface area (Å²) in [6, 6.07) is 5.05. The second-order valence-electron chi connectivity index (χ2n) is 5.29. The van der Waals surface area contributed by atoms with E-state index in [1.165, 1.54) is 4.90 Å². The lowest BCUT2D eigenvalue weighted by Gasteiger charge is -2.17. The summed E-state index contributed by atoms with van der Waals surface area (Å²) in [7, 11) is 5.17. The quantitative estimate of drug-likeness (QED) is 0.794. The zero-order chi connectivity index (χ0) is 16.7. The fourth-order valence-corrected chi connectivity index (χ4v) is 1.96. The highest BCUT2D eigenvalue weighted by Crippen LogP contribution is 2.27. The third-order valence-electron chi connectivity index (χ3n) is 3.15. The van der Waals surface area contributed by atoms with Crippen molar-refractivity contribution >= 4 is 29.9 Å². The van der Waals surface area contributed by atoms with Crippen molar-refractivity contribution in [2.45, 2.75) is 13.8 Å². The van der Waals surface area contributed by atoms with E-state index in [-0.39, 0.29) is 30.1 Å². The van der Waals surface area contributed by atoms with Crippen molar-refractivity contribution in [3.8, 4) is 5.75 Å². The minimum Gasteiger partial charge on any atom is -0.492 e. The molecule has 0 aliphatic carbocycles. The van der Waals surface area contributed by atoms with E-state index in [0.29, 0.717) is 30.2 Å². The number of halogens is 1. The second kappa shape index (κ2) is 10.1. The number of amides is 2. The van der Waals surface area contributed by atoms with Gasteiger partial charge in [-0.1, -0.05) is 6.92 Å². The number of nitrogens with zero attached hydrogens (tertiary/aromatic N) is 1. The van der Waals surface area contributed by atoms with Crippen molar-refractivity contribution in [2.24, 2.45) is 5.92 Å². The van der Waals surface area contributed by atoms with E-state index in [9.17, 15) is 9.59 Å². The van der Waals surface area contributed by atoms with Gasteiger partial charge in [-0.3, -0.25) is 9.59 Å². The van der Waals surface area contributed by atoms with E-state index in [1.807, 2.05) is 13.8 Å². The van der Waals surface area contributed by atoms with Crippen molar-refractivity contribution in [3.05, 3.63) is 23.8 Å². The molecule has 0 fully saturated rings. The smallest absolute Gasteiger partial charge is 0.253 e. The summed E-state index contributed by atoms with van der Waals surface area (Å²) in [4.78, 5) is 25.7. The SMILES string of the molecule is CCOc1ccc(C(=O)N(C)C)cc1NC(=O)C(C)CNC.Cl. The van der Waals surface area contributed by atoms with Gasteiger partial charge in [0.15, 0.2) is 0 Å². The molecule has 0 aliphatic rings.